The molecule has 1 aromatic rings. The molecule has 22 heavy (non-hydrogen) atoms. The summed E-state index contributed by atoms with van der Waals surface area (Å²) in [6.07, 6.45) is 2.64. The summed E-state index contributed by atoms with van der Waals surface area (Å²) in [4.78, 5) is 18.1. The van der Waals surface area contributed by atoms with Gasteiger partial charge in [-0.2, -0.15) is 0 Å². The minimum atomic E-state index is -3.85. The highest BCUT2D eigenvalue weighted by Gasteiger charge is 2.45. The van der Waals surface area contributed by atoms with Crippen LogP contribution in [0.3, 0.4) is 0 Å². The van der Waals surface area contributed by atoms with Gasteiger partial charge in [-0.3, -0.25) is 9.63 Å². The molecule has 1 aromatic carbocycles. The fourth-order valence-corrected chi connectivity index (χ4v) is 3.80. The highest BCUT2D eigenvalue weighted by atomic mass is 35.5. The highest BCUT2D eigenvalue weighted by Crippen LogP contribution is 2.29. The van der Waals surface area contributed by atoms with E-state index in [9.17, 15) is 13.2 Å². The summed E-state index contributed by atoms with van der Waals surface area (Å²) in [5.41, 5.74) is 0. The summed E-state index contributed by atoms with van der Waals surface area (Å²) < 4.78 is 24.0. The number of amides is 1. The number of rotatable bonds is 3. The maximum atomic E-state index is 12.8. The molecule has 0 atom stereocenters. The molecule has 0 radical (unpaired) electrons. The van der Waals surface area contributed by atoms with Gasteiger partial charge in [-0.25, -0.2) is 13.5 Å². The Bertz CT molecular complexity index is 632. The van der Waals surface area contributed by atoms with Crippen molar-refractivity contribution in [3.63, 3.8) is 0 Å². The number of hydroxylamine groups is 2. The van der Waals surface area contributed by atoms with Crippen LogP contribution in [0.4, 0.5) is 0 Å². The molecule has 122 valence electrons. The van der Waals surface area contributed by atoms with Gasteiger partial charge in [0.25, 0.3) is 5.91 Å². The Morgan fingerprint density at radius 3 is 2.45 bits per heavy atom. The van der Waals surface area contributed by atoms with Crippen molar-refractivity contribution in [2.75, 3.05) is 13.2 Å². The number of benzene rings is 1. The predicted octanol–water partition coefficient (Wildman–Crippen LogP) is 2.84. The van der Waals surface area contributed by atoms with Crippen molar-refractivity contribution in [3.05, 3.63) is 29.3 Å². The molecular formula is C15H20ClNO4S. The molecule has 1 saturated heterocycles. The third kappa shape index (κ3) is 3.29. The van der Waals surface area contributed by atoms with E-state index in [4.69, 9.17) is 16.4 Å². The summed E-state index contributed by atoms with van der Waals surface area (Å²) in [6, 6.07) is 5.82. The zero-order valence-electron chi connectivity index (χ0n) is 12.7. The maximum absolute atomic E-state index is 12.8. The molecule has 0 aromatic heterocycles. The monoisotopic (exact) mass is 345 g/mol. The number of hydrogen-bond acceptors (Lipinski definition) is 4. The van der Waals surface area contributed by atoms with Crippen LogP contribution in [0, 0.1) is 0 Å². The van der Waals surface area contributed by atoms with Crippen molar-refractivity contribution in [2.24, 2.45) is 0 Å². The van der Waals surface area contributed by atoms with Crippen LogP contribution in [0.25, 0.3) is 0 Å². The van der Waals surface area contributed by atoms with Crippen LogP contribution < -0.4 is 0 Å². The number of carbonyl (C=O) groups excluding carboxylic acids is 1. The molecule has 0 spiro atoms. The molecule has 2 rings (SSSR count). The van der Waals surface area contributed by atoms with Gasteiger partial charge in [0.1, 0.15) is 0 Å². The second kappa shape index (κ2) is 6.56. The molecule has 0 bridgehead atoms. The van der Waals surface area contributed by atoms with Crippen LogP contribution in [0.15, 0.2) is 29.2 Å². The third-order valence-corrected chi connectivity index (χ3v) is 6.45. The van der Waals surface area contributed by atoms with Gasteiger partial charge in [0.15, 0.2) is 14.6 Å². The normalized spacial score (nSPS) is 17.1. The third-order valence-electron chi connectivity index (χ3n) is 3.79. The van der Waals surface area contributed by atoms with Gasteiger partial charge < -0.3 is 0 Å². The number of carbonyl (C=O) groups is 1. The van der Waals surface area contributed by atoms with Crippen LogP contribution in [-0.4, -0.2) is 37.3 Å². The second-order valence-corrected chi connectivity index (χ2v) is 8.70. The van der Waals surface area contributed by atoms with Crippen LogP contribution in [0.5, 0.6) is 0 Å². The van der Waals surface area contributed by atoms with E-state index >= 15 is 0 Å². The lowest BCUT2D eigenvalue weighted by Gasteiger charge is -2.30. The lowest BCUT2D eigenvalue weighted by molar-refractivity contribution is -0.185. The van der Waals surface area contributed by atoms with E-state index in [0.29, 0.717) is 18.2 Å². The first-order chi connectivity index (χ1) is 10.3. The van der Waals surface area contributed by atoms with E-state index < -0.39 is 20.5 Å². The fourth-order valence-electron chi connectivity index (χ4n) is 2.26. The van der Waals surface area contributed by atoms with Crippen LogP contribution >= 0.6 is 11.6 Å². The molecular weight excluding hydrogens is 326 g/mol. The van der Waals surface area contributed by atoms with E-state index in [1.165, 1.54) is 43.2 Å². The van der Waals surface area contributed by atoms with E-state index in [2.05, 4.69) is 0 Å². The van der Waals surface area contributed by atoms with E-state index in [0.717, 1.165) is 19.3 Å². The Kier molecular flexibility index (Phi) is 5.14. The topological polar surface area (TPSA) is 63.7 Å². The van der Waals surface area contributed by atoms with Gasteiger partial charge in [0.05, 0.1) is 11.5 Å². The van der Waals surface area contributed by atoms with Crippen LogP contribution in [0.2, 0.25) is 5.02 Å². The fraction of sp³-hybridized carbons (Fsp3) is 0.533. The first-order valence-corrected chi connectivity index (χ1v) is 9.08. The van der Waals surface area contributed by atoms with Crippen LogP contribution in [0.1, 0.15) is 33.1 Å². The molecule has 0 aliphatic carbocycles. The van der Waals surface area contributed by atoms with Gasteiger partial charge in [-0.1, -0.05) is 11.6 Å². The molecule has 7 heteroatoms. The lowest BCUT2D eigenvalue weighted by Crippen LogP contribution is -2.50. The molecule has 0 saturated carbocycles. The van der Waals surface area contributed by atoms with Crippen LogP contribution in [-0.2, 0) is 19.5 Å². The molecule has 0 unspecified atom stereocenters. The Balaban J connectivity index is 2.30. The second-order valence-electron chi connectivity index (χ2n) is 5.77. The standard InChI is InChI=1S/C15H20ClNO4S/c1-15(2,14(18)17-10-4-3-5-11-21-17)22(19,20)13-8-6-12(16)7-9-13/h6-9H,3-5,10-11H2,1-2H3. The van der Waals surface area contributed by atoms with Gasteiger partial charge >= 0.3 is 0 Å². The van der Waals surface area contributed by atoms with Crippen molar-refractivity contribution < 1.29 is 18.0 Å². The SMILES string of the molecule is CC(C)(C(=O)N1CCCCCO1)S(=O)(=O)c1ccc(Cl)cc1. The van der Waals surface area contributed by atoms with E-state index in [1.54, 1.807) is 0 Å². The van der Waals surface area contributed by atoms with Gasteiger partial charge in [-0.05, 0) is 57.4 Å². The molecule has 1 aliphatic heterocycles. The number of halogens is 1. The first kappa shape index (κ1) is 17.2. The predicted molar refractivity (Wildman–Crippen MR) is 84.2 cm³/mol. The molecule has 1 aliphatic rings. The molecule has 0 N–H and O–H groups in total. The quantitative estimate of drug-likeness (QED) is 0.845. The van der Waals surface area contributed by atoms with Crippen molar-refractivity contribution in [1.82, 2.24) is 5.06 Å². The Morgan fingerprint density at radius 1 is 1.18 bits per heavy atom. The average Bonchev–Trinajstić information content (AvgIpc) is 2.75. The Morgan fingerprint density at radius 2 is 1.82 bits per heavy atom. The maximum Gasteiger partial charge on any atom is 0.267 e. The summed E-state index contributed by atoms with van der Waals surface area (Å²) in [5.74, 6) is -0.538. The molecule has 1 amide bonds. The smallest absolute Gasteiger partial charge is 0.267 e. The minimum Gasteiger partial charge on any atom is -0.271 e. The summed E-state index contributed by atoms with van der Waals surface area (Å²) in [7, 11) is -3.85. The summed E-state index contributed by atoms with van der Waals surface area (Å²) >= 11 is 5.79. The van der Waals surface area contributed by atoms with Gasteiger partial charge in [-0.15, -0.1) is 0 Å². The zero-order valence-corrected chi connectivity index (χ0v) is 14.3. The zero-order chi connectivity index (χ0) is 16.4. The highest BCUT2D eigenvalue weighted by molar-refractivity contribution is 7.93. The van der Waals surface area contributed by atoms with Crippen molar-refractivity contribution in [2.45, 2.75) is 42.8 Å². The van der Waals surface area contributed by atoms with E-state index in [-0.39, 0.29) is 4.90 Å². The molecule has 1 heterocycles. The van der Waals surface area contributed by atoms with Gasteiger partial charge in [0, 0.05) is 11.6 Å². The summed E-state index contributed by atoms with van der Waals surface area (Å²) in [6.45, 7) is 3.67. The lowest BCUT2D eigenvalue weighted by atomic mass is 10.2. The average molecular weight is 346 g/mol. The van der Waals surface area contributed by atoms with Crippen molar-refractivity contribution in [1.29, 1.82) is 0 Å². The van der Waals surface area contributed by atoms with Gasteiger partial charge in [0.2, 0.25) is 0 Å². The molecule has 1 fully saturated rings. The largest absolute Gasteiger partial charge is 0.271 e. The van der Waals surface area contributed by atoms with Crippen molar-refractivity contribution >= 4 is 27.3 Å². The number of sulfone groups is 1. The molecule has 5 nitrogen and oxygen atoms in total. The minimum absolute atomic E-state index is 0.0741. The Labute approximate surface area is 136 Å². The first-order valence-electron chi connectivity index (χ1n) is 7.22. The van der Waals surface area contributed by atoms with E-state index in [1.807, 2.05) is 0 Å². The number of nitrogens with zero attached hydrogens (tertiary/aromatic N) is 1. The Hall–Kier alpha value is -1.11. The summed E-state index contributed by atoms with van der Waals surface area (Å²) in [5, 5.41) is 1.64. The number of hydrogen-bond donors (Lipinski definition) is 0. The van der Waals surface area contributed by atoms with Crippen molar-refractivity contribution in [3.8, 4) is 0 Å².